The average molecular weight is 943 g/mol. The van der Waals surface area contributed by atoms with Crippen molar-refractivity contribution in [2.24, 2.45) is 0 Å². The summed E-state index contributed by atoms with van der Waals surface area (Å²) < 4.78 is 0. The Balaban J connectivity index is 0.983. The Bertz CT molecular complexity index is 3990. The van der Waals surface area contributed by atoms with Crippen LogP contribution in [0.2, 0.25) is 0 Å². The third-order valence-corrected chi connectivity index (χ3v) is 15.0. The van der Waals surface area contributed by atoms with Crippen molar-refractivity contribution in [2.75, 3.05) is 4.90 Å². The first-order valence-corrected chi connectivity index (χ1v) is 25.3. The fraction of sp³-hybridized carbons (Fsp3) is 0.0143. The van der Waals surface area contributed by atoms with Crippen molar-refractivity contribution in [1.82, 2.24) is 15.0 Å². The molecule has 0 saturated heterocycles. The molecule has 4 heteroatoms. The van der Waals surface area contributed by atoms with Crippen LogP contribution in [0.1, 0.15) is 22.3 Å². The number of nitrogens with zero attached hydrogens (tertiary/aromatic N) is 4. The van der Waals surface area contributed by atoms with E-state index in [4.69, 9.17) is 15.0 Å². The molecule has 0 bridgehead atoms. The first kappa shape index (κ1) is 43.1. The minimum Gasteiger partial charge on any atom is -0.310 e. The van der Waals surface area contributed by atoms with E-state index in [0.717, 1.165) is 67.1 Å². The van der Waals surface area contributed by atoms with Crippen LogP contribution in [-0.2, 0) is 5.41 Å². The lowest BCUT2D eigenvalue weighted by Crippen LogP contribution is -2.36. The summed E-state index contributed by atoms with van der Waals surface area (Å²) in [6.07, 6.45) is 0. The number of hydrogen-bond acceptors (Lipinski definition) is 4. The van der Waals surface area contributed by atoms with Gasteiger partial charge in [-0.05, 0) is 114 Å². The molecule has 1 aromatic heterocycles. The second kappa shape index (κ2) is 17.8. The van der Waals surface area contributed by atoms with Crippen molar-refractivity contribution in [3.63, 3.8) is 0 Å². The predicted octanol–water partition coefficient (Wildman–Crippen LogP) is 17.7. The van der Waals surface area contributed by atoms with E-state index in [-0.39, 0.29) is 0 Å². The summed E-state index contributed by atoms with van der Waals surface area (Å²) in [6, 6.07) is 100. The third kappa shape index (κ3) is 7.10. The molecule has 0 saturated carbocycles. The monoisotopic (exact) mass is 942 g/mol. The quantitative estimate of drug-likeness (QED) is 0.152. The van der Waals surface area contributed by atoms with Crippen LogP contribution in [0.15, 0.2) is 279 Å². The van der Waals surface area contributed by atoms with Gasteiger partial charge in [0.2, 0.25) is 0 Å². The van der Waals surface area contributed by atoms with E-state index in [1.165, 1.54) is 44.5 Å². The van der Waals surface area contributed by atoms with Gasteiger partial charge in [-0.2, -0.15) is 0 Å². The molecular weight excluding hydrogens is 897 g/mol. The van der Waals surface area contributed by atoms with Crippen molar-refractivity contribution < 1.29 is 0 Å². The zero-order valence-electron chi connectivity index (χ0n) is 40.3. The average Bonchev–Trinajstić information content (AvgIpc) is 3.79. The van der Waals surface area contributed by atoms with Crippen molar-refractivity contribution in [3.8, 4) is 89.8 Å². The second-order valence-corrected chi connectivity index (χ2v) is 19.1. The van der Waals surface area contributed by atoms with Gasteiger partial charge in [-0.15, -0.1) is 0 Å². The standard InChI is InChI=1S/C70H46N4/c1-5-19-47(20-6-1)49-39-41-53(42-40-49)68-71-67(52-23-9-3-10-24-52)72-69(73-68)58-29-18-32-63-66(58)59-46-56(51-37-35-50(36-38-51)55-26-17-25-54(45-55)48-21-7-2-8-22-48)43-44-60(59)70(63)61-30-13-15-33-64(61)74(57-27-11-4-12-28-57)65-34-16-14-31-62(65)70/h1-46H. The predicted molar refractivity (Wildman–Crippen MR) is 303 cm³/mol. The number of benzene rings is 11. The van der Waals surface area contributed by atoms with Gasteiger partial charge in [-0.3, -0.25) is 0 Å². The Morgan fingerprint density at radius 1 is 0.243 bits per heavy atom. The van der Waals surface area contributed by atoms with Crippen LogP contribution in [0.25, 0.3) is 89.8 Å². The first-order valence-electron chi connectivity index (χ1n) is 25.3. The lowest BCUT2D eigenvalue weighted by molar-refractivity contribution is 0.753. The van der Waals surface area contributed by atoms with E-state index in [1.54, 1.807) is 0 Å². The van der Waals surface area contributed by atoms with E-state index in [1.807, 2.05) is 24.3 Å². The minimum absolute atomic E-state index is 0.619. The molecule has 1 spiro atoms. The normalized spacial score (nSPS) is 12.7. The lowest BCUT2D eigenvalue weighted by atomic mass is 9.64. The highest BCUT2D eigenvalue weighted by Crippen LogP contribution is 2.64. The summed E-state index contributed by atoms with van der Waals surface area (Å²) >= 11 is 0. The largest absolute Gasteiger partial charge is 0.310 e. The molecule has 0 N–H and O–H groups in total. The van der Waals surface area contributed by atoms with Gasteiger partial charge in [0.1, 0.15) is 0 Å². The van der Waals surface area contributed by atoms with E-state index in [2.05, 4.69) is 260 Å². The molecule has 0 atom stereocenters. The van der Waals surface area contributed by atoms with Crippen LogP contribution >= 0.6 is 0 Å². The van der Waals surface area contributed by atoms with E-state index < -0.39 is 5.41 Å². The van der Waals surface area contributed by atoms with Gasteiger partial charge < -0.3 is 4.90 Å². The number of aromatic nitrogens is 3. The smallest absolute Gasteiger partial charge is 0.164 e. The molecule has 346 valence electrons. The number of anilines is 3. The molecule has 4 nitrogen and oxygen atoms in total. The van der Waals surface area contributed by atoms with Crippen LogP contribution in [0.5, 0.6) is 0 Å². The number of rotatable bonds is 8. The van der Waals surface area contributed by atoms with Crippen LogP contribution in [0.4, 0.5) is 17.1 Å². The fourth-order valence-electron chi connectivity index (χ4n) is 11.6. The highest BCUT2D eigenvalue weighted by atomic mass is 15.2. The third-order valence-electron chi connectivity index (χ3n) is 15.0. The van der Waals surface area contributed by atoms with Crippen molar-refractivity contribution in [1.29, 1.82) is 0 Å². The molecular formula is C70H46N4. The summed E-state index contributed by atoms with van der Waals surface area (Å²) in [5, 5.41) is 0. The van der Waals surface area contributed by atoms with Crippen LogP contribution in [-0.4, -0.2) is 15.0 Å². The molecule has 74 heavy (non-hydrogen) atoms. The van der Waals surface area contributed by atoms with Crippen LogP contribution in [0.3, 0.4) is 0 Å². The van der Waals surface area contributed by atoms with Gasteiger partial charge in [-0.1, -0.05) is 243 Å². The highest BCUT2D eigenvalue weighted by molar-refractivity contribution is 6.00. The highest BCUT2D eigenvalue weighted by Gasteiger charge is 2.52. The Kier molecular flexibility index (Phi) is 10.4. The number of fused-ring (bicyclic) bond motifs is 9. The van der Waals surface area contributed by atoms with Crippen molar-refractivity contribution >= 4 is 17.1 Å². The molecule has 0 fully saturated rings. The van der Waals surface area contributed by atoms with Crippen LogP contribution in [0, 0.1) is 0 Å². The zero-order chi connectivity index (χ0) is 49.0. The summed E-state index contributed by atoms with van der Waals surface area (Å²) in [6.45, 7) is 0. The molecule has 2 aliphatic rings. The minimum atomic E-state index is -0.684. The van der Waals surface area contributed by atoms with Crippen molar-refractivity contribution in [3.05, 3.63) is 301 Å². The van der Waals surface area contributed by atoms with Crippen molar-refractivity contribution in [2.45, 2.75) is 5.41 Å². The summed E-state index contributed by atoms with van der Waals surface area (Å²) in [5.74, 6) is 1.86. The molecule has 14 rings (SSSR count). The van der Waals surface area contributed by atoms with E-state index >= 15 is 0 Å². The van der Waals surface area contributed by atoms with Gasteiger partial charge >= 0.3 is 0 Å². The summed E-state index contributed by atoms with van der Waals surface area (Å²) in [4.78, 5) is 18.5. The van der Waals surface area contributed by atoms with Gasteiger partial charge in [0.05, 0.1) is 16.8 Å². The second-order valence-electron chi connectivity index (χ2n) is 19.1. The van der Waals surface area contributed by atoms with Gasteiger partial charge in [0, 0.05) is 22.4 Å². The van der Waals surface area contributed by atoms with Gasteiger partial charge in [0.15, 0.2) is 17.5 Å². The maximum absolute atomic E-state index is 5.44. The lowest BCUT2D eigenvalue weighted by Gasteiger charge is -2.45. The molecule has 12 aromatic rings. The Morgan fingerprint density at radius 3 is 1.20 bits per heavy atom. The van der Waals surface area contributed by atoms with Gasteiger partial charge in [0.25, 0.3) is 0 Å². The number of hydrogen-bond donors (Lipinski definition) is 0. The molecule has 0 unspecified atom stereocenters. The molecule has 1 aliphatic carbocycles. The molecule has 1 aliphatic heterocycles. The zero-order valence-corrected chi connectivity index (χ0v) is 40.3. The Hall–Kier alpha value is -9.77. The molecule has 2 heterocycles. The first-order chi connectivity index (χ1) is 36.7. The molecule has 11 aromatic carbocycles. The maximum atomic E-state index is 5.44. The maximum Gasteiger partial charge on any atom is 0.164 e. The molecule has 0 amide bonds. The Morgan fingerprint density at radius 2 is 0.622 bits per heavy atom. The van der Waals surface area contributed by atoms with E-state index in [0.29, 0.717) is 17.5 Å². The SMILES string of the molecule is c1ccc(-c2ccc(-c3nc(-c4ccccc4)nc(-c4cccc5c4-c4cc(-c6ccc(-c7cccc(-c8ccccc8)c7)cc6)ccc4C54c5ccccc5N(c5ccccc5)c5ccccc54)n3)cc2)cc1. The topological polar surface area (TPSA) is 41.9 Å². The summed E-state index contributed by atoms with van der Waals surface area (Å²) in [7, 11) is 0. The summed E-state index contributed by atoms with van der Waals surface area (Å²) in [5.41, 5.74) is 22.0. The van der Waals surface area contributed by atoms with E-state index in [9.17, 15) is 0 Å². The number of para-hydroxylation sites is 3. The Labute approximate surface area is 431 Å². The van der Waals surface area contributed by atoms with Crippen LogP contribution < -0.4 is 4.90 Å². The van der Waals surface area contributed by atoms with Gasteiger partial charge in [-0.25, -0.2) is 15.0 Å². The fourth-order valence-corrected chi connectivity index (χ4v) is 11.6. The molecule has 0 radical (unpaired) electrons.